The minimum atomic E-state index is -0.203. The Bertz CT molecular complexity index is 688. The van der Waals surface area contributed by atoms with Crippen LogP contribution in [0.3, 0.4) is 0 Å². The summed E-state index contributed by atoms with van der Waals surface area (Å²) >= 11 is 6.87. The first-order chi connectivity index (χ1) is 10.1. The maximum atomic E-state index is 12.4. The Morgan fingerprint density at radius 2 is 1.90 bits per heavy atom. The molecule has 2 aromatic carbocycles. The molecule has 0 saturated carbocycles. The number of benzene rings is 2. The second-order valence-corrected chi connectivity index (χ2v) is 6.79. The lowest BCUT2D eigenvalue weighted by molar-refractivity contribution is -0.118. The number of halogens is 2. The summed E-state index contributed by atoms with van der Waals surface area (Å²) in [7, 11) is 0. The van der Waals surface area contributed by atoms with E-state index in [1.807, 2.05) is 30.3 Å². The third-order valence-electron chi connectivity index (χ3n) is 3.58. The lowest BCUT2D eigenvalue weighted by Crippen LogP contribution is -2.44. The highest BCUT2D eigenvalue weighted by Gasteiger charge is 2.24. The van der Waals surface area contributed by atoms with Gasteiger partial charge < -0.3 is 10.6 Å². The minimum Gasteiger partial charge on any atom is -0.324 e. The number of fused-ring (bicyclic) bond motifs is 1. The molecule has 0 spiro atoms. The van der Waals surface area contributed by atoms with Gasteiger partial charge in [0.25, 0.3) is 0 Å². The van der Waals surface area contributed by atoms with Gasteiger partial charge in [-0.3, -0.25) is 4.79 Å². The van der Waals surface area contributed by atoms with Crippen LogP contribution in [-0.4, -0.2) is 11.9 Å². The van der Waals surface area contributed by atoms with Crippen LogP contribution in [0.25, 0.3) is 0 Å². The van der Waals surface area contributed by atoms with Gasteiger partial charge in [-0.05, 0) is 51.7 Å². The monoisotopic (exact) mass is 408 g/mol. The van der Waals surface area contributed by atoms with Gasteiger partial charge in [-0.25, -0.2) is 0 Å². The van der Waals surface area contributed by atoms with Gasteiger partial charge >= 0.3 is 0 Å². The van der Waals surface area contributed by atoms with E-state index in [4.69, 9.17) is 0 Å². The number of hydrogen-bond donors (Lipinski definition) is 2. The second-order valence-electron chi connectivity index (χ2n) is 5.02. The van der Waals surface area contributed by atoms with Crippen LogP contribution in [0.4, 0.5) is 5.69 Å². The average molecular weight is 410 g/mol. The zero-order valence-electron chi connectivity index (χ0n) is 11.2. The van der Waals surface area contributed by atoms with E-state index in [1.165, 1.54) is 11.1 Å². The highest BCUT2D eigenvalue weighted by molar-refractivity contribution is 9.11. The quantitative estimate of drug-likeness (QED) is 0.790. The van der Waals surface area contributed by atoms with Gasteiger partial charge in [0.1, 0.15) is 0 Å². The van der Waals surface area contributed by atoms with Crippen LogP contribution in [-0.2, 0) is 17.8 Å². The van der Waals surface area contributed by atoms with E-state index >= 15 is 0 Å². The Kier molecular flexibility index (Phi) is 4.42. The minimum absolute atomic E-state index is 0.0108. The normalized spacial score (nSPS) is 17.1. The number of hydrogen-bond acceptors (Lipinski definition) is 2. The molecule has 0 fully saturated rings. The summed E-state index contributed by atoms with van der Waals surface area (Å²) < 4.78 is 1.80. The smallest absolute Gasteiger partial charge is 0.241 e. The molecule has 2 N–H and O–H groups in total. The van der Waals surface area contributed by atoms with Crippen molar-refractivity contribution in [2.24, 2.45) is 0 Å². The van der Waals surface area contributed by atoms with Crippen molar-refractivity contribution >= 4 is 43.5 Å². The average Bonchev–Trinajstić information content (AvgIpc) is 2.50. The fraction of sp³-hybridized carbons (Fsp3) is 0.188. The lowest BCUT2D eigenvalue weighted by atomic mass is 9.95. The predicted molar refractivity (Wildman–Crippen MR) is 91.2 cm³/mol. The van der Waals surface area contributed by atoms with E-state index in [2.05, 4.69) is 54.6 Å². The van der Waals surface area contributed by atoms with Crippen molar-refractivity contribution in [2.75, 3.05) is 5.32 Å². The fourth-order valence-corrected chi connectivity index (χ4v) is 3.16. The van der Waals surface area contributed by atoms with Crippen molar-refractivity contribution in [3.63, 3.8) is 0 Å². The largest absolute Gasteiger partial charge is 0.324 e. The number of carbonyl (C=O) groups is 1. The molecule has 5 heteroatoms. The van der Waals surface area contributed by atoms with Crippen molar-refractivity contribution in [3.05, 3.63) is 62.5 Å². The van der Waals surface area contributed by atoms with Crippen LogP contribution in [0.5, 0.6) is 0 Å². The van der Waals surface area contributed by atoms with Crippen molar-refractivity contribution in [3.8, 4) is 0 Å². The zero-order chi connectivity index (χ0) is 14.8. The van der Waals surface area contributed by atoms with Crippen LogP contribution >= 0.6 is 31.9 Å². The third kappa shape index (κ3) is 3.36. The molecule has 108 valence electrons. The summed E-state index contributed by atoms with van der Waals surface area (Å²) in [6.07, 6.45) is 0.716. The Morgan fingerprint density at radius 3 is 2.71 bits per heavy atom. The molecule has 0 unspecified atom stereocenters. The van der Waals surface area contributed by atoms with Crippen molar-refractivity contribution in [2.45, 2.75) is 19.0 Å². The summed E-state index contributed by atoms with van der Waals surface area (Å²) in [6, 6.07) is 13.7. The summed E-state index contributed by atoms with van der Waals surface area (Å²) in [4.78, 5) is 12.4. The molecule has 1 heterocycles. The van der Waals surface area contributed by atoms with Gasteiger partial charge in [0.2, 0.25) is 5.91 Å². The maximum Gasteiger partial charge on any atom is 0.241 e. The van der Waals surface area contributed by atoms with E-state index in [0.717, 1.165) is 21.2 Å². The van der Waals surface area contributed by atoms with E-state index in [9.17, 15) is 4.79 Å². The van der Waals surface area contributed by atoms with Gasteiger partial charge in [-0.15, -0.1) is 0 Å². The molecule has 0 saturated heterocycles. The Morgan fingerprint density at radius 1 is 1.14 bits per heavy atom. The maximum absolute atomic E-state index is 12.4. The topological polar surface area (TPSA) is 41.1 Å². The van der Waals surface area contributed by atoms with Crippen LogP contribution in [0.1, 0.15) is 11.1 Å². The van der Waals surface area contributed by atoms with Crippen molar-refractivity contribution < 1.29 is 4.79 Å². The van der Waals surface area contributed by atoms with Crippen LogP contribution in [0, 0.1) is 0 Å². The van der Waals surface area contributed by atoms with Crippen LogP contribution < -0.4 is 10.6 Å². The summed E-state index contributed by atoms with van der Waals surface area (Å²) in [5, 5.41) is 6.26. The molecule has 21 heavy (non-hydrogen) atoms. The van der Waals surface area contributed by atoms with Gasteiger partial charge in [0.15, 0.2) is 0 Å². The van der Waals surface area contributed by atoms with Gasteiger partial charge in [0, 0.05) is 15.5 Å². The summed E-state index contributed by atoms with van der Waals surface area (Å²) in [5.74, 6) is -0.0108. The molecule has 1 aliphatic heterocycles. The highest BCUT2D eigenvalue weighted by Crippen LogP contribution is 2.26. The Hall–Kier alpha value is -1.17. The summed E-state index contributed by atoms with van der Waals surface area (Å²) in [5.41, 5.74) is 3.28. The first kappa shape index (κ1) is 14.8. The number of amides is 1. The molecule has 1 amide bonds. The molecular weight excluding hydrogens is 396 g/mol. The molecule has 1 aliphatic rings. The van der Waals surface area contributed by atoms with Crippen LogP contribution in [0.2, 0.25) is 0 Å². The molecule has 0 aliphatic carbocycles. The van der Waals surface area contributed by atoms with Gasteiger partial charge in [0.05, 0.1) is 11.7 Å². The number of nitrogens with one attached hydrogen (secondary N) is 2. The first-order valence-electron chi connectivity index (χ1n) is 6.69. The molecular formula is C16H14Br2N2O. The summed E-state index contributed by atoms with van der Waals surface area (Å²) in [6.45, 7) is 0.730. The lowest BCUT2D eigenvalue weighted by Gasteiger charge is -2.25. The standard InChI is InChI=1S/C16H14Br2N2O/c17-12-5-6-13(18)14(8-12)20-16(21)15-7-10-3-1-2-4-11(10)9-19-15/h1-6,8,15,19H,7,9H2,(H,20,21)/t15-/m1/s1. The number of anilines is 1. The van der Waals surface area contributed by atoms with E-state index in [-0.39, 0.29) is 11.9 Å². The van der Waals surface area contributed by atoms with Gasteiger partial charge in [-0.2, -0.15) is 0 Å². The van der Waals surface area contributed by atoms with E-state index < -0.39 is 0 Å². The number of carbonyl (C=O) groups excluding carboxylic acids is 1. The fourth-order valence-electron chi connectivity index (χ4n) is 2.45. The third-order valence-corrected chi connectivity index (χ3v) is 4.77. The van der Waals surface area contributed by atoms with E-state index in [0.29, 0.717) is 6.42 Å². The zero-order valence-corrected chi connectivity index (χ0v) is 14.4. The Balaban J connectivity index is 1.74. The van der Waals surface area contributed by atoms with Crippen LogP contribution in [0.15, 0.2) is 51.4 Å². The number of rotatable bonds is 2. The molecule has 0 aromatic heterocycles. The van der Waals surface area contributed by atoms with Crippen molar-refractivity contribution in [1.29, 1.82) is 0 Å². The second kappa shape index (κ2) is 6.30. The first-order valence-corrected chi connectivity index (χ1v) is 8.28. The molecule has 3 rings (SSSR count). The molecule has 0 radical (unpaired) electrons. The molecule has 2 aromatic rings. The SMILES string of the molecule is O=C(Nc1cc(Br)ccc1Br)[C@H]1Cc2ccccc2CN1. The highest BCUT2D eigenvalue weighted by atomic mass is 79.9. The Labute approximate surface area is 140 Å². The van der Waals surface area contributed by atoms with E-state index in [1.54, 1.807) is 0 Å². The molecule has 1 atom stereocenters. The molecule has 0 bridgehead atoms. The van der Waals surface area contributed by atoms with Crippen molar-refractivity contribution in [1.82, 2.24) is 5.32 Å². The predicted octanol–water partition coefficient (Wildman–Crippen LogP) is 3.86. The van der Waals surface area contributed by atoms with Gasteiger partial charge in [-0.1, -0.05) is 40.2 Å². The molecule has 3 nitrogen and oxygen atoms in total.